The number of amides is 2. The largest absolute Gasteiger partial charge is 0.483 e. The Hall–Kier alpha value is -3.69. The van der Waals surface area contributed by atoms with Crippen LogP contribution in [-0.4, -0.2) is 26.8 Å². The summed E-state index contributed by atoms with van der Waals surface area (Å²) in [6.45, 7) is 5.72. The molecule has 9 heteroatoms. The van der Waals surface area contributed by atoms with E-state index in [1.54, 1.807) is 24.3 Å². The summed E-state index contributed by atoms with van der Waals surface area (Å²) in [5.41, 5.74) is 3.11. The van der Waals surface area contributed by atoms with Gasteiger partial charge in [-0.2, -0.15) is 0 Å². The van der Waals surface area contributed by atoms with Crippen LogP contribution >= 0.6 is 0 Å². The first kappa shape index (κ1) is 24.4. The van der Waals surface area contributed by atoms with Gasteiger partial charge in [0.25, 0.3) is 11.8 Å². The molecule has 1 aliphatic rings. The number of benzene rings is 3. The van der Waals surface area contributed by atoms with E-state index in [0.717, 1.165) is 11.1 Å². The van der Waals surface area contributed by atoms with E-state index in [-0.39, 0.29) is 23.1 Å². The predicted octanol–water partition coefficient (Wildman–Crippen LogP) is 3.87. The smallest absolute Gasteiger partial charge is 0.265 e. The van der Waals surface area contributed by atoms with Crippen molar-refractivity contribution < 1.29 is 22.7 Å². The molecule has 4 rings (SSSR count). The molecule has 1 unspecified atom stereocenters. The molecule has 0 fully saturated rings. The van der Waals surface area contributed by atoms with Crippen LogP contribution in [0.1, 0.15) is 42.5 Å². The Balaban J connectivity index is 1.74. The highest BCUT2D eigenvalue weighted by atomic mass is 32.2. The Morgan fingerprint density at radius 3 is 2.46 bits per heavy atom. The highest BCUT2D eigenvalue weighted by molar-refractivity contribution is 7.89. The quantitative estimate of drug-likeness (QED) is 0.540. The number of primary sulfonamides is 1. The van der Waals surface area contributed by atoms with Crippen molar-refractivity contribution in [2.24, 2.45) is 5.14 Å². The number of aryl methyl sites for hydroxylation is 1. The number of carbonyl (C=O) groups is 2. The summed E-state index contributed by atoms with van der Waals surface area (Å²) >= 11 is 0. The number of hydrogen-bond donors (Lipinski definition) is 2. The van der Waals surface area contributed by atoms with Gasteiger partial charge in [0, 0.05) is 0 Å². The average Bonchev–Trinajstić information content (AvgIpc) is 2.81. The van der Waals surface area contributed by atoms with Crippen LogP contribution in [0, 0.1) is 6.92 Å². The number of nitrogens with one attached hydrogen (secondary N) is 1. The van der Waals surface area contributed by atoms with Crippen molar-refractivity contribution in [2.45, 2.75) is 37.6 Å². The Bertz CT molecular complexity index is 1390. The second-order valence-electron chi connectivity index (χ2n) is 8.77. The molecule has 3 aromatic carbocycles. The molecular weight excluding hydrogens is 466 g/mol. The van der Waals surface area contributed by atoms with E-state index < -0.39 is 27.9 Å². The van der Waals surface area contributed by atoms with Gasteiger partial charge in [-0.15, -0.1) is 0 Å². The molecule has 0 aliphatic carbocycles. The molecule has 3 N–H and O–H groups in total. The van der Waals surface area contributed by atoms with Crippen molar-refractivity contribution in [1.29, 1.82) is 0 Å². The number of hydrogen-bond acceptors (Lipinski definition) is 5. The van der Waals surface area contributed by atoms with Crippen LogP contribution in [0.2, 0.25) is 0 Å². The lowest BCUT2D eigenvalue weighted by Gasteiger charge is -2.36. The summed E-state index contributed by atoms with van der Waals surface area (Å²) < 4.78 is 29.6. The van der Waals surface area contributed by atoms with Gasteiger partial charge in [0.1, 0.15) is 11.8 Å². The molecule has 0 saturated heterocycles. The van der Waals surface area contributed by atoms with Crippen molar-refractivity contribution >= 4 is 33.2 Å². The maximum absolute atomic E-state index is 13.6. The molecule has 2 amide bonds. The van der Waals surface area contributed by atoms with Gasteiger partial charge in [-0.05, 0) is 53.8 Å². The minimum absolute atomic E-state index is 0.167. The van der Waals surface area contributed by atoms with Gasteiger partial charge in [0.15, 0.2) is 6.61 Å². The number of nitrogens with two attached hydrogens (primary N) is 1. The van der Waals surface area contributed by atoms with Crippen LogP contribution in [0.25, 0.3) is 0 Å². The van der Waals surface area contributed by atoms with Gasteiger partial charge in [-0.1, -0.05) is 56.3 Å². The number of carbonyl (C=O) groups excluding carboxylic acids is 2. The zero-order valence-corrected chi connectivity index (χ0v) is 20.5. The minimum atomic E-state index is -4.00. The molecule has 35 heavy (non-hydrogen) atoms. The van der Waals surface area contributed by atoms with Crippen LogP contribution in [0.15, 0.2) is 71.6 Å². The van der Waals surface area contributed by atoms with Crippen molar-refractivity contribution in [3.05, 3.63) is 83.4 Å². The lowest BCUT2D eigenvalue weighted by Crippen LogP contribution is -2.47. The monoisotopic (exact) mass is 493 g/mol. The second-order valence-corrected chi connectivity index (χ2v) is 10.3. The topological polar surface area (TPSA) is 119 Å². The summed E-state index contributed by atoms with van der Waals surface area (Å²) in [6, 6.07) is 17.8. The Morgan fingerprint density at radius 1 is 1.09 bits per heavy atom. The van der Waals surface area contributed by atoms with Crippen LogP contribution in [0.4, 0.5) is 11.4 Å². The molecule has 3 aromatic rings. The molecule has 0 radical (unpaired) electrons. The van der Waals surface area contributed by atoms with Crippen LogP contribution in [-0.2, 0) is 19.6 Å². The van der Waals surface area contributed by atoms with E-state index in [0.29, 0.717) is 17.0 Å². The highest BCUT2D eigenvalue weighted by Gasteiger charge is 2.38. The molecular formula is C26H27N3O5S. The van der Waals surface area contributed by atoms with Crippen LogP contribution in [0.5, 0.6) is 5.75 Å². The van der Waals surface area contributed by atoms with Crippen molar-refractivity contribution in [3.63, 3.8) is 0 Å². The third kappa shape index (κ3) is 5.06. The van der Waals surface area contributed by atoms with Gasteiger partial charge < -0.3 is 10.1 Å². The zero-order valence-electron chi connectivity index (χ0n) is 19.7. The first-order chi connectivity index (χ1) is 16.6. The van der Waals surface area contributed by atoms with Gasteiger partial charge in [-0.25, -0.2) is 13.6 Å². The van der Waals surface area contributed by atoms with E-state index in [9.17, 15) is 18.0 Å². The van der Waals surface area contributed by atoms with Crippen LogP contribution in [0.3, 0.4) is 0 Å². The predicted molar refractivity (Wildman–Crippen MR) is 134 cm³/mol. The molecule has 0 bridgehead atoms. The number of fused-ring (bicyclic) bond motifs is 1. The van der Waals surface area contributed by atoms with E-state index in [4.69, 9.17) is 9.88 Å². The Kier molecular flexibility index (Phi) is 6.64. The number of anilines is 2. The standard InChI is InChI=1S/C26H27N3O5S/c1-16(2)20-11-9-17(3)13-23(20)34-15-24(30)29-22-12-10-19(35(27,32)33)14-21(22)28-26(31)25(29)18-7-5-4-6-8-18/h4-14,16,25H,15H2,1-3H3,(H,28,31)(H2,27,32,33). The zero-order chi connectivity index (χ0) is 25.3. The van der Waals surface area contributed by atoms with E-state index >= 15 is 0 Å². The highest BCUT2D eigenvalue weighted by Crippen LogP contribution is 2.39. The molecule has 0 saturated carbocycles. The second kappa shape index (κ2) is 9.52. The van der Waals surface area contributed by atoms with Gasteiger partial charge in [0.05, 0.1) is 16.3 Å². The molecule has 0 spiro atoms. The van der Waals surface area contributed by atoms with Gasteiger partial charge in [-0.3, -0.25) is 14.5 Å². The van der Waals surface area contributed by atoms with Crippen molar-refractivity contribution in [3.8, 4) is 5.75 Å². The van der Waals surface area contributed by atoms with Crippen LogP contribution < -0.4 is 20.1 Å². The molecule has 182 valence electrons. The number of sulfonamides is 1. The average molecular weight is 494 g/mol. The summed E-state index contributed by atoms with van der Waals surface area (Å²) in [5, 5.41) is 7.98. The summed E-state index contributed by atoms with van der Waals surface area (Å²) in [7, 11) is -4.00. The molecule has 8 nitrogen and oxygen atoms in total. The first-order valence-corrected chi connectivity index (χ1v) is 12.7. The number of ether oxygens (including phenoxy) is 1. The summed E-state index contributed by atoms with van der Waals surface area (Å²) in [6.07, 6.45) is 0. The van der Waals surface area contributed by atoms with Crippen molar-refractivity contribution in [2.75, 3.05) is 16.8 Å². The maximum atomic E-state index is 13.6. The normalized spacial score (nSPS) is 15.5. The third-order valence-electron chi connectivity index (χ3n) is 5.85. The molecule has 1 aliphatic heterocycles. The number of rotatable bonds is 6. The van der Waals surface area contributed by atoms with Gasteiger partial charge in [0.2, 0.25) is 10.0 Å². The molecule has 0 aromatic heterocycles. The summed E-state index contributed by atoms with van der Waals surface area (Å²) in [4.78, 5) is 27.9. The Morgan fingerprint density at radius 2 is 1.80 bits per heavy atom. The van der Waals surface area contributed by atoms with Crippen molar-refractivity contribution in [1.82, 2.24) is 0 Å². The lowest BCUT2D eigenvalue weighted by molar-refractivity contribution is -0.125. The molecule has 1 heterocycles. The third-order valence-corrected chi connectivity index (χ3v) is 6.76. The lowest BCUT2D eigenvalue weighted by atomic mass is 10.00. The fourth-order valence-corrected chi connectivity index (χ4v) is 4.67. The fourth-order valence-electron chi connectivity index (χ4n) is 4.13. The van der Waals surface area contributed by atoms with E-state index in [1.165, 1.54) is 23.1 Å². The maximum Gasteiger partial charge on any atom is 0.265 e. The first-order valence-electron chi connectivity index (χ1n) is 11.1. The minimum Gasteiger partial charge on any atom is -0.483 e. The summed E-state index contributed by atoms with van der Waals surface area (Å²) in [5.74, 6) is -0.122. The fraction of sp³-hybridized carbons (Fsp3) is 0.231. The van der Waals surface area contributed by atoms with E-state index in [1.807, 2.05) is 45.0 Å². The molecule has 1 atom stereocenters. The van der Waals surface area contributed by atoms with E-state index in [2.05, 4.69) is 5.32 Å². The SMILES string of the molecule is Cc1ccc(C(C)C)c(OCC(=O)N2c3ccc(S(N)(=O)=O)cc3NC(=O)C2c2ccccc2)c1. The van der Waals surface area contributed by atoms with Gasteiger partial charge >= 0.3 is 0 Å². The Labute approximate surface area is 204 Å². The number of nitrogens with zero attached hydrogens (tertiary/aromatic N) is 1.